The lowest BCUT2D eigenvalue weighted by Gasteiger charge is -2.30. The zero-order valence-electron chi connectivity index (χ0n) is 31.3. The average molecular weight is 780 g/mol. The minimum Gasteiger partial charge on any atom is -0.310 e. The first-order chi connectivity index (χ1) is 27.3. The summed E-state index contributed by atoms with van der Waals surface area (Å²) in [6.07, 6.45) is 0.727. The van der Waals surface area contributed by atoms with Gasteiger partial charge in [0.15, 0.2) is 0 Å². The summed E-state index contributed by atoms with van der Waals surface area (Å²) < 4.78 is 0.618. The van der Waals surface area contributed by atoms with Gasteiger partial charge >= 0.3 is 0 Å². The van der Waals surface area contributed by atoms with Crippen molar-refractivity contribution in [3.05, 3.63) is 181 Å². The van der Waals surface area contributed by atoms with Crippen LogP contribution in [0.2, 0.25) is 0 Å². The van der Waals surface area contributed by atoms with Gasteiger partial charge < -0.3 is 9.80 Å². The van der Waals surface area contributed by atoms with Gasteiger partial charge in [0.1, 0.15) is 3.53 Å². The van der Waals surface area contributed by atoms with Gasteiger partial charge in [-0.1, -0.05) is 127 Å². The van der Waals surface area contributed by atoms with E-state index in [1.807, 2.05) is 13.8 Å². The molecule has 0 fully saturated rings. The van der Waals surface area contributed by atoms with Crippen LogP contribution in [0.25, 0.3) is 32.3 Å². The van der Waals surface area contributed by atoms with E-state index in [2.05, 4.69) is 204 Å². The first kappa shape index (κ1) is 37.3. The number of nitrogens with zero attached hydrogens (tertiary/aromatic N) is 3. The quantitative estimate of drug-likeness (QED) is 0.0802. The number of hydrogen-bond acceptors (Lipinski definition) is 5. The number of hydrogen-bond donors (Lipinski definition) is 1. The molecule has 0 heterocycles. The maximum atomic E-state index is 9.90. The van der Waals surface area contributed by atoms with Crippen LogP contribution in [0.5, 0.6) is 0 Å². The maximum Gasteiger partial charge on any atom is 0.101 e. The number of benzene rings is 8. The van der Waals surface area contributed by atoms with E-state index in [9.17, 15) is 5.26 Å². The minimum atomic E-state index is -0.468. The van der Waals surface area contributed by atoms with E-state index < -0.39 is 5.41 Å². The van der Waals surface area contributed by atoms with Crippen LogP contribution in [0.3, 0.4) is 0 Å². The van der Waals surface area contributed by atoms with Crippen molar-refractivity contribution in [1.29, 1.82) is 5.26 Å². The Morgan fingerprint density at radius 1 is 0.571 bits per heavy atom. The molecule has 274 valence electrons. The molecule has 0 saturated heterocycles. The lowest BCUT2D eigenvalue weighted by atomic mass is 9.82. The second-order valence-electron chi connectivity index (χ2n) is 14.7. The van der Waals surface area contributed by atoms with Gasteiger partial charge in [-0.25, -0.2) is 0 Å². The molecule has 0 N–H and O–H groups in total. The molecule has 0 saturated carbocycles. The molecule has 0 bridgehead atoms. The number of thiocarbonyl (C=S) groups is 1. The lowest BCUT2D eigenvalue weighted by molar-refractivity contribution is 0.416. The number of fused-ring (bicyclic) bond motifs is 5. The van der Waals surface area contributed by atoms with Crippen LogP contribution in [-0.4, -0.2) is 9.28 Å². The summed E-state index contributed by atoms with van der Waals surface area (Å²) in [5.41, 5.74) is 7.29. The van der Waals surface area contributed by atoms with Gasteiger partial charge in [-0.3, -0.25) is 0 Å². The third-order valence-electron chi connectivity index (χ3n) is 10.5. The first-order valence-electron chi connectivity index (χ1n) is 18.8. The number of nitriles is 1. The summed E-state index contributed by atoms with van der Waals surface area (Å²) in [7, 11) is 0. The predicted octanol–water partition coefficient (Wildman–Crippen LogP) is 15.1. The van der Waals surface area contributed by atoms with Crippen LogP contribution < -0.4 is 9.80 Å². The summed E-state index contributed by atoms with van der Waals surface area (Å²) >= 11 is 11.3. The van der Waals surface area contributed by atoms with E-state index in [0.717, 1.165) is 51.7 Å². The second kappa shape index (κ2) is 16.3. The Hall–Kier alpha value is -5.58. The normalized spacial score (nSPS) is 12.0. The highest BCUT2D eigenvalue weighted by molar-refractivity contribution is 8.41. The average Bonchev–Trinajstić information content (AvgIpc) is 3.24. The highest BCUT2D eigenvalue weighted by atomic mass is 32.2. The van der Waals surface area contributed by atoms with Gasteiger partial charge in [-0.05, 0) is 114 Å². The third-order valence-corrected chi connectivity index (χ3v) is 12.0. The van der Waals surface area contributed by atoms with Crippen molar-refractivity contribution in [2.75, 3.05) is 15.6 Å². The van der Waals surface area contributed by atoms with Gasteiger partial charge in [-0.15, -0.1) is 24.4 Å². The van der Waals surface area contributed by atoms with E-state index in [-0.39, 0.29) is 5.92 Å². The Morgan fingerprint density at radius 2 is 0.946 bits per heavy atom. The molecule has 0 aliphatic heterocycles. The van der Waals surface area contributed by atoms with Crippen molar-refractivity contribution in [1.82, 2.24) is 0 Å². The standard InChI is InChI=1S/C50H41N3S3/c1-50(2,34-51)32-36(33-56-49(54)55)35-26-28-40(29-27-35)53(39-20-10-5-11-21-39)48-31-46-41-22-12-14-24-43(41)47(30-45(46)42-23-13-15-25-44(42)48)52(37-16-6-3-7-17-37)38-18-8-4-9-19-38/h3-31,36H,32-33H2,1-2H3,(H,54,55). The monoisotopic (exact) mass is 779 g/mol. The van der Waals surface area contributed by atoms with Crippen molar-refractivity contribution in [3.8, 4) is 6.07 Å². The van der Waals surface area contributed by atoms with Crippen molar-refractivity contribution in [2.45, 2.75) is 26.2 Å². The second-order valence-corrected chi connectivity index (χ2v) is 17.5. The molecule has 0 radical (unpaired) electrons. The Bertz CT molecular complexity index is 2650. The first-order valence-corrected chi connectivity index (χ1v) is 20.6. The summed E-state index contributed by atoms with van der Waals surface area (Å²) in [4.78, 5) is 4.75. The summed E-state index contributed by atoms with van der Waals surface area (Å²) in [5.74, 6) is 0.915. The Balaban J connectivity index is 1.34. The maximum absolute atomic E-state index is 9.90. The molecule has 8 rings (SSSR count). The fourth-order valence-corrected chi connectivity index (χ4v) is 8.95. The smallest absolute Gasteiger partial charge is 0.101 e. The Kier molecular flexibility index (Phi) is 10.8. The molecule has 0 aliphatic rings. The molecule has 0 aromatic heterocycles. The van der Waals surface area contributed by atoms with Gasteiger partial charge in [0.2, 0.25) is 0 Å². The summed E-state index contributed by atoms with van der Waals surface area (Å²) in [6.45, 7) is 4.01. The fourth-order valence-electron chi connectivity index (χ4n) is 7.87. The molecule has 8 aromatic carbocycles. The van der Waals surface area contributed by atoms with Crippen LogP contribution >= 0.6 is 36.6 Å². The molecule has 8 aromatic rings. The van der Waals surface area contributed by atoms with Gasteiger partial charge in [0.05, 0.1) is 22.9 Å². The van der Waals surface area contributed by atoms with Crippen LogP contribution in [0.4, 0.5) is 34.1 Å². The van der Waals surface area contributed by atoms with Crippen LogP contribution in [0.1, 0.15) is 31.7 Å². The molecule has 56 heavy (non-hydrogen) atoms. The van der Waals surface area contributed by atoms with E-state index in [0.29, 0.717) is 3.53 Å². The number of thiol groups is 1. The number of rotatable bonds is 11. The van der Waals surface area contributed by atoms with Gasteiger partial charge in [-0.2, -0.15) is 5.26 Å². The third kappa shape index (κ3) is 7.63. The Morgan fingerprint density at radius 3 is 1.34 bits per heavy atom. The molecular weight excluding hydrogens is 739 g/mol. The lowest BCUT2D eigenvalue weighted by Crippen LogP contribution is -2.16. The fraction of sp³-hybridized carbons (Fsp3) is 0.120. The number of thioether (sulfide) groups is 1. The van der Waals surface area contributed by atoms with E-state index in [1.54, 1.807) is 11.8 Å². The zero-order chi connectivity index (χ0) is 38.6. The van der Waals surface area contributed by atoms with Crippen molar-refractivity contribution >= 4 is 107 Å². The van der Waals surface area contributed by atoms with Gasteiger partial charge in [0, 0.05) is 39.3 Å². The highest BCUT2D eigenvalue weighted by Crippen LogP contribution is 2.48. The number of anilines is 6. The molecule has 0 amide bonds. The number of para-hydroxylation sites is 3. The van der Waals surface area contributed by atoms with Crippen molar-refractivity contribution in [3.63, 3.8) is 0 Å². The molecule has 0 aliphatic carbocycles. The van der Waals surface area contributed by atoms with E-state index >= 15 is 0 Å². The molecule has 1 unspecified atom stereocenters. The molecule has 1 atom stereocenters. The molecule has 0 spiro atoms. The predicted molar refractivity (Wildman–Crippen MR) is 249 cm³/mol. The largest absolute Gasteiger partial charge is 0.310 e. The van der Waals surface area contributed by atoms with Crippen molar-refractivity contribution in [2.24, 2.45) is 5.41 Å². The van der Waals surface area contributed by atoms with Gasteiger partial charge in [0.25, 0.3) is 0 Å². The Labute approximate surface area is 344 Å². The van der Waals surface area contributed by atoms with E-state index in [4.69, 9.17) is 12.2 Å². The summed E-state index contributed by atoms with van der Waals surface area (Å²) in [6, 6.07) is 65.6. The van der Waals surface area contributed by atoms with E-state index in [1.165, 1.54) is 32.5 Å². The van der Waals surface area contributed by atoms with Crippen LogP contribution in [0.15, 0.2) is 176 Å². The van der Waals surface area contributed by atoms with Crippen LogP contribution in [0, 0.1) is 16.7 Å². The summed E-state index contributed by atoms with van der Waals surface area (Å²) in [5, 5.41) is 17.0. The molecule has 3 nitrogen and oxygen atoms in total. The SMILES string of the molecule is CC(C)(C#N)CC(CSC(=S)S)c1ccc(N(c2ccccc2)c2cc3c4ccccc4c(N(c4ccccc4)c4ccccc4)cc3c3ccccc23)cc1. The van der Waals surface area contributed by atoms with Crippen LogP contribution in [-0.2, 0) is 0 Å². The topological polar surface area (TPSA) is 30.3 Å². The zero-order valence-corrected chi connectivity index (χ0v) is 33.9. The minimum absolute atomic E-state index is 0.146. The molecular formula is C50H41N3S3. The highest BCUT2D eigenvalue weighted by Gasteiger charge is 2.26. The van der Waals surface area contributed by atoms with Crippen molar-refractivity contribution < 1.29 is 0 Å². The molecule has 6 heteroatoms.